The number of nitrogens with one attached hydrogen (secondary N) is 1. The Balaban J connectivity index is 1.95. The maximum absolute atomic E-state index is 6.32. The molecule has 3 heteroatoms. The highest BCUT2D eigenvalue weighted by Crippen LogP contribution is 2.30. The second-order valence-corrected chi connectivity index (χ2v) is 6.95. The van der Waals surface area contributed by atoms with Crippen LogP contribution in [0.3, 0.4) is 0 Å². The summed E-state index contributed by atoms with van der Waals surface area (Å²) in [6.45, 7) is 5.45. The quantitative estimate of drug-likeness (QED) is 0.726. The van der Waals surface area contributed by atoms with Gasteiger partial charge in [0.15, 0.2) is 0 Å². The number of hydrogen-bond donors (Lipinski definition) is 1. The topological polar surface area (TPSA) is 12.0 Å². The van der Waals surface area contributed by atoms with Gasteiger partial charge in [-0.1, -0.05) is 31.5 Å². The summed E-state index contributed by atoms with van der Waals surface area (Å²) in [5.41, 5.74) is 1.28. The van der Waals surface area contributed by atoms with E-state index in [9.17, 15) is 0 Å². The van der Waals surface area contributed by atoms with E-state index in [2.05, 4.69) is 31.3 Å². The van der Waals surface area contributed by atoms with Crippen LogP contribution < -0.4 is 5.32 Å². The Morgan fingerprint density at radius 3 is 2.83 bits per heavy atom. The average Bonchev–Trinajstić information content (AvgIpc) is 3.11. The Kier molecular flexibility index (Phi) is 5.40. The molecule has 100 valence electrons. The number of thioether (sulfide) groups is 1. The molecule has 0 amide bonds. The highest BCUT2D eigenvalue weighted by Gasteiger charge is 2.21. The van der Waals surface area contributed by atoms with Gasteiger partial charge in [-0.15, -0.1) is 11.8 Å². The van der Waals surface area contributed by atoms with Crippen molar-refractivity contribution in [2.24, 2.45) is 5.92 Å². The zero-order valence-corrected chi connectivity index (χ0v) is 12.8. The molecule has 1 N–H and O–H groups in total. The van der Waals surface area contributed by atoms with Crippen molar-refractivity contribution in [2.75, 3.05) is 5.75 Å². The van der Waals surface area contributed by atoms with Gasteiger partial charge in [0.05, 0.1) is 0 Å². The Hall–Kier alpha value is -0.180. The Bertz CT molecular complexity index is 388. The molecule has 2 rings (SSSR count). The molecule has 0 saturated heterocycles. The van der Waals surface area contributed by atoms with Crippen LogP contribution in [0.4, 0.5) is 0 Å². The largest absolute Gasteiger partial charge is 0.310 e. The monoisotopic (exact) mass is 283 g/mol. The van der Waals surface area contributed by atoms with Crippen molar-refractivity contribution in [3.05, 3.63) is 28.8 Å². The van der Waals surface area contributed by atoms with Gasteiger partial charge in [0, 0.05) is 22.5 Å². The van der Waals surface area contributed by atoms with Crippen molar-refractivity contribution in [3.8, 4) is 0 Å². The van der Waals surface area contributed by atoms with E-state index in [0.29, 0.717) is 0 Å². The number of hydrogen-bond acceptors (Lipinski definition) is 2. The van der Waals surface area contributed by atoms with Gasteiger partial charge in [0.25, 0.3) is 0 Å². The molecule has 0 bridgehead atoms. The molecule has 1 nitrogen and oxygen atoms in total. The minimum Gasteiger partial charge on any atom is -0.310 e. The summed E-state index contributed by atoms with van der Waals surface area (Å²) in [4.78, 5) is 1.34. The second-order valence-electron chi connectivity index (χ2n) is 5.40. The lowest BCUT2D eigenvalue weighted by Gasteiger charge is -2.12. The molecule has 1 fully saturated rings. The maximum Gasteiger partial charge on any atom is 0.0462 e. The molecule has 0 atom stereocenters. The molecule has 0 radical (unpaired) electrons. The first-order chi connectivity index (χ1) is 8.66. The summed E-state index contributed by atoms with van der Waals surface area (Å²) in [6.07, 6.45) is 3.90. The van der Waals surface area contributed by atoms with Gasteiger partial charge in [-0.3, -0.25) is 0 Å². The first-order valence-electron chi connectivity index (χ1n) is 6.80. The zero-order valence-electron chi connectivity index (χ0n) is 11.2. The second kappa shape index (κ2) is 6.83. The normalized spacial score (nSPS) is 15.3. The van der Waals surface area contributed by atoms with E-state index >= 15 is 0 Å². The van der Waals surface area contributed by atoms with Crippen molar-refractivity contribution >= 4 is 23.4 Å². The van der Waals surface area contributed by atoms with Crippen LogP contribution in [-0.4, -0.2) is 11.8 Å². The molecular weight excluding hydrogens is 262 g/mol. The van der Waals surface area contributed by atoms with Gasteiger partial charge in [-0.25, -0.2) is 0 Å². The van der Waals surface area contributed by atoms with E-state index in [4.69, 9.17) is 11.6 Å². The van der Waals surface area contributed by atoms with E-state index in [1.54, 1.807) is 0 Å². The Morgan fingerprint density at radius 1 is 1.39 bits per heavy atom. The molecule has 1 aliphatic rings. The molecule has 1 aromatic rings. The fourth-order valence-electron chi connectivity index (χ4n) is 1.78. The predicted octanol–water partition coefficient (Wildman–Crippen LogP) is 4.73. The van der Waals surface area contributed by atoms with Gasteiger partial charge >= 0.3 is 0 Å². The van der Waals surface area contributed by atoms with Crippen LogP contribution in [0.15, 0.2) is 23.1 Å². The van der Waals surface area contributed by atoms with Crippen LogP contribution in [0.2, 0.25) is 5.02 Å². The minimum absolute atomic E-state index is 0.731. The van der Waals surface area contributed by atoms with Crippen LogP contribution in [0.5, 0.6) is 0 Å². The van der Waals surface area contributed by atoms with Crippen molar-refractivity contribution in [3.63, 3.8) is 0 Å². The van der Waals surface area contributed by atoms with E-state index < -0.39 is 0 Å². The number of halogens is 1. The van der Waals surface area contributed by atoms with Crippen molar-refractivity contribution in [1.29, 1.82) is 0 Å². The predicted molar refractivity (Wildman–Crippen MR) is 81.5 cm³/mol. The summed E-state index contributed by atoms with van der Waals surface area (Å²) < 4.78 is 0. The maximum atomic E-state index is 6.32. The first kappa shape index (κ1) is 14.2. The van der Waals surface area contributed by atoms with Gasteiger partial charge in [0.2, 0.25) is 0 Å². The fraction of sp³-hybridized carbons (Fsp3) is 0.600. The van der Waals surface area contributed by atoms with Crippen LogP contribution in [0.1, 0.15) is 38.7 Å². The van der Waals surface area contributed by atoms with Gasteiger partial charge in [-0.2, -0.15) is 0 Å². The van der Waals surface area contributed by atoms with Gasteiger partial charge < -0.3 is 5.32 Å². The Morgan fingerprint density at radius 2 is 2.17 bits per heavy atom. The molecule has 1 aliphatic carbocycles. The smallest absolute Gasteiger partial charge is 0.0462 e. The van der Waals surface area contributed by atoms with Crippen LogP contribution in [-0.2, 0) is 6.54 Å². The molecule has 0 unspecified atom stereocenters. The summed E-state index contributed by atoms with van der Waals surface area (Å²) in [5, 5.41) is 4.46. The molecule has 18 heavy (non-hydrogen) atoms. The summed E-state index contributed by atoms with van der Waals surface area (Å²) in [5.74, 6) is 1.94. The lowest BCUT2D eigenvalue weighted by molar-refractivity contribution is 0.632. The van der Waals surface area contributed by atoms with E-state index in [0.717, 1.165) is 23.5 Å². The molecule has 0 spiro atoms. The highest BCUT2D eigenvalue weighted by atomic mass is 35.5. The third kappa shape index (κ3) is 4.49. The summed E-state index contributed by atoms with van der Waals surface area (Å²) in [7, 11) is 0. The fourth-order valence-corrected chi connectivity index (χ4v) is 3.42. The summed E-state index contributed by atoms with van der Waals surface area (Å²) in [6, 6.07) is 6.98. The van der Waals surface area contributed by atoms with Gasteiger partial charge in [0.1, 0.15) is 0 Å². The Labute approximate surface area is 120 Å². The van der Waals surface area contributed by atoms with Crippen molar-refractivity contribution < 1.29 is 0 Å². The summed E-state index contributed by atoms with van der Waals surface area (Å²) >= 11 is 8.26. The minimum atomic E-state index is 0.731. The SMILES string of the molecule is CC(C)CCSc1cccc(Cl)c1CNC1CC1. The molecular formula is C15H22ClNS. The van der Waals surface area contributed by atoms with Crippen LogP contribution >= 0.6 is 23.4 Å². The zero-order chi connectivity index (χ0) is 13.0. The standard InChI is InChI=1S/C15H22ClNS/c1-11(2)8-9-18-15-5-3-4-14(16)13(15)10-17-12-6-7-12/h3-5,11-12,17H,6-10H2,1-2H3. The highest BCUT2D eigenvalue weighted by molar-refractivity contribution is 7.99. The number of rotatable bonds is 7. The van der Waals surface area contributed by atoms with Gasteiger partial charge in [-0.05, 0) is 48.6 Å². The third-order valence-corrected chi connectivity index (χ3v) is 4.66. The molecule has 1 aromatic carbocycles. The molecule has 1 saturated carbocycles. The lowest BCUT2D eigenvalue weighted by atomic mass is 10.2. The van der Waals surface area contributed by atoms with E-state index in [-0.39, 0.29) is 0 Å². The molecule has 0 heterocycles. The molecule has 0 aliphatic heterocycles. The van der Waals surface area contributed by atoms with E-state index in [1.807, 2.05) is 17.8 Å². The average molecular weight is 284 g/mol. The van der Waals surface area contributed by atoms with E-state index in [1.165, 1.54) is 35.5 Å². The molecule has 0 aromatic heterocycles. The van der Waals surface area contributed by atoms with Crippen LogP contribution in [0.25, 0.3) is 0 Å². The third-order valence-electron chi connectivity index (χ3n) is 3.17. The van der Waals surface area contributed by atoms with Crippen molar-refractivity contribution in [2.45, 2.75) is 50.6 Å². The van der Waals surface area contributed by atoms with Crippen molar-refractivity contribution in [1.82, 2.24) is 5.32 Å². The first-order valence-corrected chi connectivity index (χ1v) is 8.16. The lowest BCUT2D eigenvalue weighted by Crippen LogP contribution is -2.16. The van der Waals surface area contributed by atoms with Crippen LogP contribution in [0, 0.1) is 5.92 Å². The number of benzene rings is 1.